The van der Waals surface area contributed by atoms with Crippen LogP contribution < -0.4 is 64.6 Å². The first-order valence-corrected chi connectivity index (χ1v) is 32.6. The lowest BCUT2D eigenvalue weighted by molar-refractivity contribution is -0.137. The van der Waals surface area contributed by atoms with Crippen LogP contribution in [0.25, 0.3) is 0 Å². The summed E-state index contributed by atoms with van der Waals surface area (Å²) in [5.74, 6) is -8.43. The summed E-state index contributed by atoms with van der Waals surface area (Å²) in [4.78, 5) is 165. The number of hydrogen-bond donors (Lipinski definition) is 13. The Morgan fingerprint density at radius 1 is 0.527 bits per heavy atom. The van der Waals surface area contributed by atoms with Crippen molar-refractivity contribution < 1.29 is 95.5 Å². The maximum absolute atomic E-state index is 13.8. The Morgan fingerprint density at radius 2 is 1.02 bits per heavy atom. The molecule has 0 aliphatic heterocycles. The molecule has 524 valence electrons. The number of rotatable bonds is 52. The highest BCUT2D eigenvalue weighted by Gasteiger charge is 2.39. The molecule has 0 bridgehead atoms. The number of primary amides is 1. The predicted octanol–water partition coefficient (Wildman–Crippen LogP) is -4.66. The Labute approximate surface area is 551 Å². The highest BCUT2D eigenvalue weighted by Crippen LogP contribution is 2.33. The summed E-state index contributed by atoms with van der Waals surface area (Å²) in [6.07, 6.45) is 3.33. The summed E-state index contributed by atoms with van der Waals surface area (Å²) in [5.41, 5.74) is 11.7. The molecule has 1 aliphatic rings. The van der Waals surface area contributed by atoms with Crippen LogP contribution >= 0.6 is 24.4 Å². The largest absolute Gasteiger partial charge is 0.378 e. The smallest absolute Gasteiger partial charge is 0.246 e. The second kappa shape index (κ2) is 48.8. The molecule has 14 N–H and O–H groups in total. The van der Waals surface area contributed by atoms with Crippen molar-refractivity contribution >= 4 is 101 Å². The van der Waals surface area contributed by atoms with Crippen molar-refractivity contribution in [3.8, 4) is 0 Å². The molecule has 11 amide bonds. The Hall–Kier alpha value is -6.89. The lowest BCUT2D eigenvalue weighted by Crippen LogP contribution is -2.56. The third-order valence-corrected chi connectivity index (χ3v) is 14.5. The number of thiol groups is 1. The minimum atomic E-state index is -1.13. The number of carbonyl (C=O) groups is 13. The van der Waals surface area contributed by atoms with Crippen LogP contribution in [0.1, 0.15) is 69.3 Å². The van der Waals surface area contributed by atoms with Crippen LogP contribution in [0.15, 0.2) is 24.3 Å². The summed E-state index contributed by atoms with van der Waals surface area (Å²) in [6, 6.07) is 1.37. The minimum absolute atomic E-state index is 0.0216. The standard InChI is InChI=1S/C59H96N12O20S2/c1-37(2)27-44(71-56(81)43-8-6-7-42(43)48(73)31-88-20-16-64-57(82)45(28-40-9-11-41(12-10-40)39(4)72)68-52(77)33-90-24-21-85-17-13-60)58(83)66-30-50(75)70-47(36-93-5)59(84)67-38(3)55(80)65-29-49(74)62-14-18-86-22-25-89-32-51(76)63-15-19-87-23-26-91-34-53(78)69-46(35-92)54(61)79/h9-12,37-38,42-47,92H,6-8,13-36,60H2,1-5H3,(H2,61,79)(H,62,74)(H,63,76)(H,64,82)(H,65,80)(H,66,83)(H,67,84)(H,68,77)(H,69,78)(H,70,75)(H,71,81)/t38-,42?,43?,44-,45-,46+,47-/m0/s1. The molecule has 1 saturated carbocycles. The van der Waals surface area contributed by atoms with E-state index in [1.165, 1.54) is 25.6 Å². The number of carbonyl (C=O) groups excluding carboxylic acids is 13. The average molecular weight is 1360 g/mol. The number of benzene rings is 1. The van der Waals surface area contributed by atoms with Gasteiger partial charge in [0.25, 0.3) is 0 Å². The fourth-order valence-corrected chi connectivity index (χ4v) is 9.59. The van der Waals surface area contributed by atoms with E-state index < -0.39 is 114 Å². The number of thioether (sulfide) groups is 1. The van der Waals surface area contributed by atoms with E-state index in [2.05, 4.69) is 65.8 Å². The van der Waals surface area contributed by atoms with Crippen molar-refractivity contribution in [2.75, 3.05) is 150 Å². The van der Waals surface area contributed by atoms with Crippen LogP contribution in [0.2, 0.25) is 0 Å². The van der Waals surface area contributed by atoms with Gasteiger partial charge in [-0.05, 0) is 50.8 Å². The average Bonchev–Trinajstić information content (AvgIpc) is 3.10. The molecule has 1 aromatic rings. The van der Waals surface area contributed by atoms with Gasteiger partial charge in [0.1, 0.15) is 56.6 Å². The molecular formula is C59H96N12O20S2. The topological polar surface area (TPSA) is 459 Å². The van der Waals surface area contributed by atoms with Crippen molar-refractivity contribution in [1.82, 2.24) is 53.2 Å². The number of Topliss-reactive ketones (excluding diaryl/α,β-unsaturated/α-hetero) is 2. The van der Waals surface area contributed by atoms with Crippen molar-refractivity contribution in [2.45, 2.75) is 90.0 Å². The van der Waals surface area contributed by atoms with Gasteiger partial charge >= 0.3 is 0 Å². The minimum Gasteiger partial charge on any atom is -0.378 e. The van der Waals surface area contributed by atoms with Crippen molar-refractivity contribution in [3.05, 3.63) is 35.4 Å². The summed E-state index contributed by atoms with van der Waals surface area (Å²) in [7, 11) is 0. The maximum Gasteiger partial charge on any atom is 0.246 e. The molecule has 0 radical (unpaired) electrons. The van der Waals surface area contributed by atoms with Gasteiger partial charge in [0, 0.05) is 61.5 Å². The van der Waals surface area contributed by atoms with Crippen LogP contribution in [0.3, 0.4) is 0 Å². The van der Waals surface area contributed by atoms with E-state index >= 15 is 0 Å². The van der Waals surface area contributed by atoms with Gasteiger partial charge in [0.15, 0.2) is 11.6 Å². The fourth-order valence-electron chi connectivity index (χ4n) is 8.75. The summed E-state index contributed by atoms with van der Waals surface area (Å²) in [5, 5.41) is 25.7. The monoisotopic (exact) mass is 1360 g/mol. The molecule has 32 nitrogen and oxygen atoms in total. The molecule has 7 atom stereocenters. The molecule has 0 spiro atoms. The molecular weight excluding hydrogens is 1260 g/mol. The van der Waals surface area contributed by atoms with Gasteiger partial charge in [-0.1, -0.05) is 44.5 Å². The first-order chi connectivity index (χ1) is 44.5. The Kier molecular flexibility index (Phi) is 43.1. The summed E-state index contributed by atoms with van der Waals surface area (Å²) >= 11 is 5.17. The van der Waals surface area contributed by atoms with Gasteiger partial charge in [0.2, 0.25) is 65.0 Å². The number of amides is 11. The Bertz CT molecular complexity index is 2540. The van der Waals surface area contributed by atoms with Crippen LogP contribution in [-0.2, 0) is 97.1 Å². The van der Waals surface area contributed by atoms with Crippen LogP contribution in [0, 0.1) is 17.8 Å². The predicted molar refractivity (Wildman–Crippen MR) is 342 cm³/mol. The van der Waals surface area contributed by atoms with Crippen LogP contribution in [0.4, 0.5) is 0 Å². The highest BCUT2D eigenvalue weighted by molar-refractivity contribution is 7.98. The van der Waals surface area contributed by atoms with Gasteiger partial charge in [0.05, 0.1) is 79.2 Å². The molecule has 2 unspecified atom stereocenters. The fraction of sp³-hybridized carbons (Fsp3) is 0.678. The number of hydrogen-bond acceptors (Lipinski definition) is 23. The van der Waals surface area contributed by atoms with Gasteiger partial charge < -0.3 is 97.8 Å². The third kappa shape index (κ3) is 37.0. The van der Waals surface area contributed by atoms with Crippen molar-refractivity contribution in [2.24, 2.45) is 29.2 Å². The maximum atomic E-state index is 13.8. The zero-order valence-electron chi connectivity index (χ0n) is 53.7. The summed E-state index contributed by atoms with van der Waals surface area (Å²) in [6.45, 7) is 6.29. The second-order valence-electron chi connectivity index (χ2n) is 21.7. The molecule has 0 aromatic heterocycles. The summed E-state index contributed by atoms with van der Waals surface area (Å²) < 4.78 is 37.4. The second-order valence-corrected chi connectivity index (χ2v) is 22.9. The van der Waals surface area contributed by atoms with E-state index in [9.17, 15) is 62.3 Å². The van der Waals surface area contributed by atoms with Gasteiger partial charge in [-0.15, -0.1) is 0 Å². The quantitative estimate of drug-likeness (QED) is 0.0166. The van der Waals surface area contributed by atoms with E-state index in [1.807, 2.05) is 13.8 Å². The van der Waals surface area contributed by atoms with E-state index in [4.69, 9.17) is 44.6 Å². The molecule has 1 aromatic carbocycles. The molecule has 34 heteroatoms. The van der Waals surface area contributed by atoms with Crippen molar-refractivity contribution in [1.29, 1.82) is 0 Å². The number of nitrogens with two attached hydrogens (primary N) is 2. The lowest BCUT2D eigenvalue weighted by atomic mass is 9.90. The van der Waals surface area contributed by atoms with Crippen LogP contribution in [0.5, 0.6) is 0 Å². The number of nitrogens with one attached hydrogen (secondary N) is 10. The molecule has 93 heavy (non-hydrogen) atoms. The third-order valence-electron chi connectivity index (χ3n) is 13.5. The van der Waals surface area contributed by atoms with E-state index in [-0.39, 0.29) is 153 Å². The lowest BCUT2D eigenvalue weighted by Gasteiger charge is -2.24. The zero-order chi connectivity index (χ0) is 68.9. The number of ketones is 2. The molecule has 0 heterocycles. The first-order valence-electron chi connectivity index (χ1n) is 30.6. The molecule has 1 aliphatic carbocycles. The zero-order valence-corrected chi connectivity index (χ0v) is 55.4. The van der Waals surface area contributed by atoms with Crippen LogP contribution in [-0.4, -0.2) is 256 Å². The van der Waals surface area contributed by atoms with Gasteiger partial charge in [-0.3, -0.25) is 62.3 Å². The Morgan fingerprint density at radius 3 is 1.59 bits per heavy atom. The van der Waals surface area contributed by atoms with Gasteiger partial charge in [-0.2, -0.15) is 24.4 Å². The van der Waals surface area contributed by atoms with Crippen molar-refractivity contribution in [3.63, 3.8) is 0 Å². The highest BCUT2D eigenvalue weighted by atomic mass is 32.2. The van der Waals surface area contributed by atoms with Gasteiger partial charge in [-0.25, -0.2) is 0 Å². The normalized spacial score (nSPS) is 15.1. The Balaban J connectivity index is 1.72. The molecule has 2 rings (SSSR count). The SMILES string of the molecule is CSC[C@H](NC(=O)CNC(=O)[C@H](CC(C)C)NC(=O)C1CCCC1C(=O)COCCNC(=O)[C@H](Cc1ccc(C(C)=O)cc1)NC(=O)COCCOCCN)C(=O)N[C@@H](C)C(=O)NCC(=O)NCCOCCOCC(=O)NCCOCCOCC(=O)N[C@H](CS)C(N)=O. The van der Waals surface area contributed by atoms with E-state index in [0.29, 0.717) is 43.5 Å². The van der Waals surface area contributed by atoms with E-state index in [0.717, 1.165) is 0 Å². The molecule has 1 fully saturated rings. The van der Waals surface area contributed by atoms with E-state index in [1.54, 1.807) is 30.5 Å². The number of ether oxygens (including phenoxy) is 7. The molecule has 0 saturated heterocycles. The first kappa shape index (κ1) is 82.2.